The molecule has 0 aromatic heterocycles. The number of hydrogen-bond acceptors (Lipinski definition) is 3. The van der Waals surface area contributed by atoms with E-state index in [1.807, 2.05) is 13.8 Å². The Morgan fingerprint density at radius 3 is 2.31 bits per heavy atom. The summed E-state index contributed by atoms with van der Waals surface area (Å²) in [5.74, 6) is -0.431. The van der Waals surface area contributed by atoms with Crippen LogP contribution in [-0.2, 0) is 9.59 Å². The largest absolute Gasteiger partial charge is 0.354 e. The molecule has 0 aromatic rings. The van der Waals surface area contributed by atoms with Gasteiger partial charge in [-0.1, -0.05) is 20.3 Å². The van der Waals surface area contributed by atoms with Gasteiger partial charge in [-0.2, -0.15) is 0 Å². The van der Waals surface area contributed by atoms with Gasteiger partial charge in [0.1, 0.15) is 6.04 Å². The van der Waals surface area contributed by atoms with Crippen LogP contribution in [-0.4, -0.2) is 30.4 Å². The number of rotatable bonds is 7. The van der Waals surface area contributed by atoms with Crippen LogP contribution in [0.15, 0.2) is 0 Å². The van der Waals surface area contributed by atoms with Gasteiger partial charge in [-0.15, -0.1) is 0 Å². The number of carbonyl (C=O) groups excluding carboxylic acids is 2. The van der Waals surface area contributed by atoms with Crippen molar-refractivity contribution in [2.45, 2.75) is 52.1 Å². The molecule has 94 valence electrons. The molecule has 1 unspecified atom stereocenters. The third-order valence-corrected chi connectivity index (χ3v) is 2.24. The predicted octanol–water partition coefficient (Wildman–Crippen LogP) is 0.145. The smallest absolute Gasteiger partial charge is 0.242 e. The molecule has 5 nitrogen and oxygen atoms in total. The van der Waals surface area contributed by atoms with Crippen LogP contribution in [0.25, 0.3) is 0 Å². The standard InChI is InChI=1S/C11H23N3O2/c1-4-6-9(12)11(16)14-8(3)10(15)13-7-5-2/h8-9H,4-7,12H2,1-3H3,(H,13,15)(H,14,16)/t8?,9-/m1/s1. The second-order valence-corrected chi connectivity index (χ2v) is 3.92. The van der Waals surface area contributed by atoms with E-state index in [0.717, 1.165) is 12.8 Å². The van der Waals surface area contributed by atoms with Crippen LogP contribution in [0.3, 0.4) is 0 Å². The molecule has 0 aromatic carbocycles. The molecular formula is C11H23N3O2. The molecule has 0 radical (unpaired) electrons. The highest BCUT2D eigenvalue weighted by Crippen LogP contribution is 1.94. The summed E-state index contributed by atoms with van der Waals surface area (Å²) < 4.78 is 0. The number of nitrogens with two attached hydrogens (primary N) is 1. The SMILES string of the molecule is CCCNC(=O)C(C)NC(=O)[C@H](N)CCC. The van der Waals surface area contributed by atoms with E-state index < -0.39 is 12.1 Å². The number of amides is 2. The second-order valence-electron chi connectivity index (χ2n) is 3.92. The van der Waals surface area contributed by atoms with E-state index in [9.17, 15) is 9.59 Å². The van der Waals surface area contributed by atoms with Crippen LogP contribution in [0.4, 0.5) is 0 Å². The Balaban J connectivity index is 3.98. The van der Waals surface area contributed by atoms with Gasteiger partial charge < -0.3 is 16.4 Å². The van der Waals surface area contributed by atoms with Gasteiger partial charge in [0.25, 0.3) is 0 Å². The highest BCUT2D eigenvalue weighted by Gasteiger charge is 2.18. The number of hydrogen-bond donors (Lipinski definition) is 3. The normalized spacial score (nSPS) is 14.0. The molecule has 2 atom stereocenters. The van der Waals surface area contributed by atoms with Gasteiger partial charge >= 0.3 is 0 Å². The molecule has 0 fully saturated rings. The zero-order valence-corrected chi connectivity index (χ0v) is 10.4. The van der Waals surface area contributed by atoms with Crippen molar-refractivity contribution in [3.8, 4) is 0 Å². The third kappa shape index (κ3) is 5.70. The van der Waals surface area contributed by atoms with Crippen LogP contribution in [0.1, 0.15) is 40.0 Å². The van der Waals surface area contributed by atoms with Gasteiger partial charge in [0.05, 0.1) is 6.04 Å². The molecule has 0 saturated heterocycles. The highest BCUT2D eigenvalue weighted by molar-refractivity contribution is 5.89. The number of carbonyl (C=O) groups is 2. The lowest BCUT2D eigenvalue weighted by Crippen LogP contribution is -2.50. The molecule has 16 heavy (non-hydrogen) atoms. The van der Waals surface area contributed by atoms with Crippen LogP contribution in [0.2, 0.25) is 0 Å². The second kappa shape index (κ2) is 8.10. The summed E-state index contributed by atoms with van der Waals surface area (Å²) >= 11 is 0. The van der Waals surface area contributed by atoms with Gasteiger partial charge in [0.2, 0.25) is 11.8 Å². The van der Waals surface area contributed by atoms with E-state index in [4.69, 9.17) is 5.73 Å². The van der Waals surface area contributed by atoms with Crippen molar-refractivity contribution in [1.29, 1.82) is 0 Å². The summed E-state index contributed by atoms with van der Waals surface area (Å²) in [7, 11) is 0. The molecule has 2 amide bonds. The van der Waals surface area contributed by atoms with Gasteiger partial charge in [-0.05, 0) is 19.8 Å². The average molecular weight is 229 g/mol. The summed E-state index contributed by atoms with van der Waals surface area (Å²) in [5, 5.41) is 5.31. The summed E-state index contributed by atoms with van der Waals surface area (Å²) in [4.78, 5) is 23.0. The van der Waals surface area contributed by atoms with E-state index >= 15 is 0 Å². The molecule has 0 aliphatic heterocycles. The van der Waals surface area contributed by atoms with Crippen molar-refractivity contribution < 1.29 is 9.59 Å². The molecule has 5 heteroatoms. The summed E-state index contributed by atoms with van der Waals surface area (Å²) in [6.07, 6.45) is 2.36. The quantitative estimate of drug-likeness (QED) is 0.581. The third-order valence-electron chi connectivity index (χ3n) is 2.24. The lowest BCUT2D eigenvalue weighted by atomic mass is 10.1. The van der Waals surface area contributed by atoms with Crippen molar-refractivity contribution >= 4 is 11.8 Å². The van der Waals surface area contributed by atoms with Crippen LogP contribution in [0.5, 0.6) is 0 Å². The van der Waals surface area contributed by atoms with E-state index in [0.29, 0.717) is 13.0 Å². The summed E-state index contributed by atoms with van der Waals surface area (Å²) in [5.41, 5.74) is 5.63. The van der Waals surface area contributed by atoms with Crippen molar-refractivity contribution in [2.24, 2.45) is 5.73 Å². The minimum Gasteiger partial charge on any atom is -0.354 e. The lowest BCUT2D eigenvalue weighted by molar-refractivity contribution is -0.129. The van der Waals surface area contributed by atoms with Gasteiger partial charge in [-0.3, -0.25) is 9.59 Å². The highest BCUT2D eigenvalue weighted by atomic mass is 16.2. The first kappa shape index (κ1) is 14.9. The van der Waals surface area contributed by atoms with Crippen LogP contribution in [0, 0.1) is 0 Å². The zero-order chi connectivity index (χ0) is 12.6. The monoisotopic (exact) mass is 229 g/mol. The predicted molar refractivity (Wildman–Crippen MR) is 63.8 cm³/mol. The Morgan fingerprint density at radius 2 is 1.81 bits per heavy atom. The Labute approximate surface area is 97.2 Å². The Bertz CT molecular complexity index is 231. The molecule has 0 spiro atoms. The van der Waals surface area contributed by atoms with Gasteiger partial charge in [0.15, 0.2) is 0 Å². The van der Waals surface area contributed by atoms with Crippen molar-refractivity contribution in [3.63, 3.8) is 0 Å². The van der Waals surface area contributed by atoms with E-state index in [1.165, 1.54) is 0 Å². The van der Waals surface area contributed by atoms with E-state index in [2.05, 4.69) is 10.6 Å². The molecule has 0 bridgehead atoms. The minimum atomic E-state index is -0.526. The zero-order valence-electron chi connectivity index (χ0n) is 10.4. The minimum absolute atomic E-state index is 0.168. The van der Waals surface area contributed by atoms with Crippen molar-refractivity contribution in [1.82, 2.24) is 10.6 Å². The van der Waals surface area contributed by atoms with E-state index in [1.54, 1.807) is 6.92 Å². The molecular weight excluding hydrogens is 206 g/mol. The van der Waals surface area contributed by atoms with Crippen molar-refractivity contribution in [2.75, 3.05) is 6.54 Å². The molecule has 4 N–H and O–H groups in total. The summed E-state index contributed by atoms with van der Waals surface area (Å²) in [6, 6.07) is -1.05. The Morgan fingerprint density at radius 1 is 1.19 bits per heavy atom. The first-order valence-corrected chi connectivity index (χ1v) is 5.86. The molecule has 0 rings (SSSR count). The molecule has 0 saturated carbocycles. The summed E-state index contributed by atoms with van der Waals surface area (Å²) in [6.45, 7) is 6.22. The maximum Gasteiger partial charge on any atom is 0.242 e. The Kier molecular flexibility index (Phi) is 7.54. The fraction of sp³-hybridized carbons (Fsp3) is 0.818. The fourth-order valence-corrected chi connectivity index (χ4v) is 1.23. The Hall–Kier alpha value is -1.10. The molecule has 0 aliphatic carbocycles. The number of nitrogens with one attached hydrogen (secondary N) is 2. The fourth-order valence-electron chi connectivity index (χ4n) is 1.23. The maximum absolute atomic E-state index is 11.5. The molecule has 0 heterocycles. The van der Waals surface area contributed by atoms with Crippen molar-refractivity contribution in [3.05, 3.63) is 0 Å². The first-order chi connectivity index (χ1) is 7.52. The van der Waals surface area contributed by atoms with Crippen LogP contribution < -0.4 is 16.4 Å². The van der Waals surface area contributed by atoms with Crippen LogP contribution >= 0.6 is 0 Å². The topological polar surface area (TPSA) is 84.2 Å². The first-order valence-electron chi connectivity index (χ1n) is 5.86. The van der Waals surface area contributed by atoms with Gasteiger partial charge in [-0.25, -0.2) is 0 Å². The average Bonchev–Trinajstić information content (AvgIpc) is 2.25. The maximum atomic E-state index is 11.5. The lowest BCUT2D eigenvalue weighted by Gasteiger charge is -2.16. The van der Waals surface area contributed by atoms with E-state index in [-0.39, 0.29) is 11.8 Å². The van der Waals surface area contributed by atoms with Gasteiger partial charge in [0, 0.05) is 6.54 Å². The molecule has 0 aliphatic rings.